The zero-order valence-electron chi connectivity index (χ0n) is 20.6. The number of rotatable bonds is 7. The number of hydrogen-bond donors (Lipinski definition) is 3. The number of ketones is 1. The molecule has 0 bridgehead atoms. The summed E-state index contributed by atoms with van der Waals surface area (Å²) in [6.07, 6.45) is 3.28. The van der Waals surface area contributed by atoms with Crippen LogP contribution < -0.4 is 10.6 Å². The van der Waals surface area contributed by atoms with Crippen LogP contribution in [0.25, 0.3) is 10.9 Å². The van der Waals surface area contributed by atoms with Crippen LogP contribution in [-0.2, 0) is 14.4 Å². The van der Waals surface area contributed by atoms with Crippen molar-refractivity contribution in [3.63, 3.8) is 0 Å². The van der Waals surface area contributed by atoms with Gasteiger partial charge < -0.3 is 20.5 Å². The molecule has 6 rings (SSSR count). The molecule has 3 amide bonds. The Hall–Kier alpha value is -2.58. The van der Waals surface area contributed by atoms with Gasteiger partial charge in [-0.3, -0.25) is 19.2 Å². The Kier molecular flexibility index (Phi) is 6.23. The average Bonchev–Trinajstić information content (AvgIpc) is 3.22. The summed E-state index contributed by atoms with van der Waals surface area (Å²) in [7, 11) is 0. The molecule has 37 heavy (non-hydrogen) atoms. The molecule has 2 saturated heterocycles. The average molecular weight is 545 g/mol. The van der Waals surface area contributed by atoms with Crippen molar-refractivity contribution >= 4 is 57.6 Å². The smallest absolute Gasteiger partial charge is 0.271 e. The number of nitrogens with one attached hydrogen (secondary N) is 3. The lowest BCUT2D eigenvalue weighted by atomic mass is 9.88. The van der Waals surface area contributed by atoms with E-state index in [9.17, 15) is 19.2 Å². The van der Waals surface area contributed by atoms with E-state index in [0.29, 0.717) is 58.0 Å². The first kappa shape index (κ1) is 24.7. The van der Waals surface area contributed by atoms with Crippen LogP contribution >= 0.6 is 23.2 Å². The molecule has 10 heteroatoms. The van der Waals surface area contributed by atoms with Crippen molar-refractivity contribution in [2.75, 3.05) is 13.1 Å². The van der Waals surface area contributed by atoms with E-state index in [0.717, 1.165) is 12.8 Å². The zero-order valence-corrected chi connectivity index (χ0v) is 22.1. The van der Waals surface area contributed by atoms with Crippen molar-refractivity contribution in [2.45, 2.75) is 51.1 Å². The van der Waals surface area contributed by atoms with Crippen molar-refractivity contribution < 1.29 is 19.2 Å². The first-order valence-corrected chi connectivity index (χ1v) is 13.9. The highest BCUT2D eigenvalue weighted by molar-refractivity contribution is 6.38. The first-order valence-electron chi connectivity index (χ1n) is 13.1. The number of benzene rings is 1. The van der Waals surface area contributed by atoms with Crippen LogP contribution in [0.2, 0.25) is 10.0 Å². The van der Waals surface area contributed by atoms with Crippen LogP contribution in [0.1, 0.15) is 49.5 Å². The van der Waals surface area contributed by atoms with E-state index in [1.54, 1.807) is 30.0 Å². The minimum atomic E-state index is -0.743. The number of halogens is 2. The molecule has 7 atom stereocenters. The summed E-state index contributed by atoms with van der Waals surface area (Å²) in [5.41, 5.74) is 1.01. The van der Waals surface area contributed by atoms with Gasteiger partial charge in [-0.15, -0.1) is 0 Å². The second-order valence-electron chi connectivity index (χ2n) is 11.1. The minimum absolute atomic E-state index is 0.0715. The summed E-state index contributed by atoms with van der Waals surface area (Å²) in [5.74, 6) is 0.516. The third-order valence-electron chi connectivity index (χ3n) is 8.95. The van der Waals surface area contributed by atoms with Gasteiger partial charge in [0.25, 0.3) is 5.91 Å². The van der Waals surface area contributed by atoms with Gasteiger partial charge in [-0.05, 0) is 67.6 Å². The first-order chi connectivity index (χ1) is 17.7. The summed E-state index contributed by atoms with van der Waals surface area (Å²) in [5, 5.41) is 7.38. The molecule has 1 aromatic heterocycles. The lowest BCUT2D eigenvalue weighted by molar-refractivity contribution is -0.132. The molecule has 7 unspecified atom stereocenters. The fourth-order valence-corrected chi connectivity index (χ4v) is 7.57. The second-order valence-corrected chi connectivity index (χ2v) is 11.9. The Bertz CT molecular complexity index is 1310. The minimum Gasteiger partial charge on any atom is -0.356 e. The Morgan fingerprint density at radius 1 is 1.14 bits per heavy atom. The number of amides is 3. The number of hydrogen-bond acceptors (Lipinski definition) is 4. The predicted octanol–water partition coefficient (Wildman–Crippen LogP) is 3.56. The highest BCUT2D eigenvalue weighted by Gasteiger charge is 2.62. The number of aromatic nitrogens is 1. The molecule has 2 aromatic rings. The molecule has 3 N–H and O–H groups in total. The van der Waals surface area contributed by atoms with Gasteiger partial charge in [-0.25, -0.2) is 0 Å². The third-order valence-corrected chi connectivity index (χ3v) is 9.48. The van der Waals surface area contributed by atoms with E-state index < -0.39 is 12.1 Å². The van der Waals surface area contributed by atoms with Gasteiger partial charge >= 0.3 is 0 Å². The van der Waals surface area contributed by atoms with Crippen molar-refractivity contribution in [3.05, 3.63) is 33.9 Å². The molecule has 8 nitrogen and oxygen atoms in total. The van der Waals surface area contributed by atoms with Crippen molar-refractivity contribution in [2.24, 2.45) is 29.6 Å². The van der Waals surface area contributed by atoms with E-state index in [2.05, 4.69) is 15.6 Å². The van der Waals surface area contributed by atoms with E-state index in [4.69, 9.17) is 23.2 Å². The highest BCUT2D eigenvalue weighted by atomic mass is 35.5. The quantitative estimate of drug-likeness (QED) is 0.494. The molecule has 196 valence electrons. The molecule has 3 heterocycles. The maximum Gasteiger partial charge on any atom is 0.271 e. The lowest BCUT2D eigenvalue weighted by Crippen LogP contribution is -2.53. The molecule has 1 aromatic carbocycles. The van der Waals surface area contributed by atoms with Gasteiger partial charge in [0.15, 0.2) is 5.78 Å². The van der Waals surface area contributed by atoms with Crippen molar-refractivity contribution in [1.29, 1.82) is 0 Å². The highest BCUT2D eigenvalue weighted by Crippen LogP contribution is 2.62. The van der Waals surface area contributed by atoms with Crippen LogP contribution in [-0.4, -0.2) is 58.6 Å². The van der Waals surface area contributed by atoms with E-state index in [1.807, 2.05) is 0 Å². The molecule has 2 aliphatic carbocycles. The van der Waals surface area contributed by atoms with Crippen LogP contribution in [0.5, 0.6) is 0 Å². The topological polar surface area (TPSA) is 111 Å². The zero-order chi connectivity index (χ0) is 26.0. The number of H-pyrrole nitrogens is 1. The lowest BCUT2D eigenvalue weighted by Gasteiger charge is -2.29. The molecule has 0 spiro atoms. The molecular weight excluding hydrogens is 515 g/mol. The van der Waals surface area contributed by atoms with Gasteiger partial charge in [0.05, 0.1) is 11.1 Å². The predicted molar refractivity (Wildman–Crippen MR) is 139 cm³/mol. The standard InChI is InChI=1S/C27H30Cl2N4O4/c1-2-23(34)21(7-12-3-4-30-25(12)35)32-26(36)24-16-6-13-5-15(13)18(16)11-33(24)27(37)22-10-17-19(29)8-14(28)9-20(17)31-22/h8-10,12-13,15-16,18,21,24,31H,2-7,11H2,1H3,(H,30,35)(H,32,36). The number of Topliss-reactive ketones (excluding diaryl/α,β-unsaturated/α-hetero) is 1. The van der Waals surface area contributed by atoms with E-state index >= 15 is 0 Å². The second kappa shape index (κ2) is 9.31. The van der Waals surface area contributed by atoms with Crippen LogP contribution in [0, 0.1) is 29.6 Å². The molecule has 2 saturated carbocycles. The Morgan fingerprint density at radius 2 is 1.92 bits per heavy atom. The number of fused-ring (bicyclic) bond motifs is 4. The van der Waals surface area contributed by atoms with E-state index in [1.165, 1.54) is 0 Å². The SMILES string of the molecule is CCC(=O)C(CC1CCNC1=O)NC(=O)C1C2CC3CC3C2CN1C(=O)c1cc2c(Cl)cc(Cl)cc2[nH]1. The Balaban J connectivity index is 1.27. The molecule has 0 radical (unpaired) electrons. The number of nitrogens with zero attached hydrogens (tertiary/aromatic N) is 1. The van der Waals surface area contributed by atoms with Crippen LogP contribution in [0.4, 0.5) is 0 Å². The van der Waals surface area contributed by atoms with Gasteiger partial charge in [-0.2, -0.15) is 0 Å². The molecular formula is C27H30Cl2N4O4. The Labute approximate surface area is 224 Å². The monoisotopic (exact) mass is 544 g/mol. The van der Waals surface area contributed by atoms with Crippen LogP contribution in [0.15, 0.2) is 18.2 Å². The summed E-state index contributed by atoms with van der Waals surface area (Å²) in [6.45, 7) is 2.86. The number of likely N-dealkylation sites (tertiary alicyclic amines) is 1. The normalized spacial score (nSPS) is 30.7. The summed E-state index contributed by atoms with van der Waals surface area (Å²) >= 11 is 12.5. The molecule has 4 fully saturated rings. The fraction of sp³-hybridized carbons (Fsp3) is 0.556. The Morgan fingerprint density at radius 3 is 2.65 bits per heavy atom. The van der Waals surface area contributed by atoms with Gasteiger partial charge in [0.1, 0.15) is 11.7 Å². The number of aromatic amines is 1. The maximum atomic E-state index is 13.8. The largest absolute Gasteiger partial charge is 0.356 e. The van der Waals surface area contributed by atoms with Crippen molar-refractivity contribution in [1.82, 2.24) is 20.5 Å². The maximum absolute atomic E-state index is 13.8. The number of carbonyl (C=O) groups excluding carboxylic acids is 4. The summed E-state index contributed by atoms with van der Waals surface area (Å²) < 4.78 is 0. The summed E-state index contributed by atoms with van der Waals surface area (Å²) in [4.78, 5) is 57.4. The van der Waals surface area contributed by atoms with E-state index in [-0.39, 0.29) is 54.1 Å². The fourth-order valence-electron chi connectivity index (χ4n) is 7.02. The van der Waals surface area contributed by atoms with Crippen molar-refractivity contribution in [3.8, 4) is 0 Å². The van der Waals surface area contributed by atoms with Gasteiger partial charge in [0.2, 0.25) is 11.8 Å². The van der Waals surface area contributed by atoms with Gasteiger partial charge in [-0.1, -0.05) is 30.1 Å². The number of carbonyl (C=O) groups is 4. The van der Waals surface area contributed by atoms with Crippen LogP contribution in [0.3, 0.4) is 0 Å². The van der Waals surface area contributed by atoms with Gasteiger partial charge in [0, 0.05) is 41.4 Å². The summed E-state index contributed by atoms with van der Waals surface area (Å²) in [6, 6.07) is 3.67. The third kappa shape index (κ3) is 4.32. The molecule has 4 aliphatic rings. The molecule has 2 aliphatic heterocycles.